The molecule has 1 aliphatic rings. The van der Waals surface area contributed by atoms with Gasteiger partial charge in [0.05, 0.1) is 22.1 Å². The van der Waals surface area contributed by atoms with Gasteiger partial charge in [0, 0.05) is 24.4 Å². The van der Waals surface area contributed by atoms with Crippen LogP contribution in [0.5, 0.6) is 0 Å². The zero-order valence-electron chi connectivity index (χ0n) is 12.6. The van der Waals surface area contributed by atoms with Crippen LogP contribution in [0.25, 0.3) is 0 Å². The molecule has 24 heavy (non-hydrogen) atoms. The zero-order chi connectivity index (χ0) is 17.2. The Morgan fingerprint density at radius 1 is 1.38 bits per heavy atom. The molecule has 130 valence electrons. The quantitative estimate of drug-likeness (QED) is 0.829. The molecule has 0 bridgehead atoms. The topological polar surface area (TPSA) is 79.4 Å². The van der Waals surface area contributed by atoms with Crippen LogP contribution in [-0.2, 0) is 21.4 Å². The minimum atomic E-state index is -3.51. The van der Waals surface area contributed by atoms with Gasteiger partial charge in [0.1, 0.15) is 4.21 Å². The first kappa shape index (κ1) is 17.8. The summed E-state index contributed by atoms with van der Waals surface area (Å²) < 4.78 is 27.2. The molecule has 2 aromatic rings. The molecule has 3 heterocycles. The number of sulfonamides is 1. The number of carbonyl (C=O) groups is 1. The average molecular weight is 406 g/mol. The summed E-state index contributed by atoms with van der Waals surface area (Å²) in [4.78, 5) is 16.3. The highest BCUT2D eigenvalue weighted by Gasteiger charge is 2.32. The van der Waals surface area contributed by atoms with Crippen molar-refractivity contribution in [2.75, 3.05) is 13.1 Å². The highest BCUT2D eigenvalue weighted by atomic mass is 35.5. The van der Waals surface area contributed by atoms with Gasteiger partial charge in [-0.1, -0.05) is 11.6 Å². The van der Waals surface area contributed by atoms with Gasteiger partial charge in [0.15, 0.2) is 0 Å². The van der Waals surface area contributed by atoms with E-state index in [1.165, 1.54) is 21.7 Å². The predicted octanol–water partition coefficient (Wildman–Crippen LogP) is 2.58. The Balaban J connectivity index is 1.54. The standard InChI is InChI=1S/C14H16ClN3O3S3/c15-12-1-2-13(23-12)24(20,21)18-5-3-10(4-6-18)14(19)16-7-11-8-22-9-17-11/h1-2,8-10H,3-7H2,(H,16,19). The van der Waals surface area contributed by atoms with Crippen LogP contribution >= 0.6 is 34.3 Å². The Labute approximate surface area is 153 Å². The summed E-state index contributed by atoms with van der Waals surface area (Å²) in [5.74, 6) is -0.207. The lowest BCUT2D eigenvalue weighted by atomic mass is 9.97. The molecule has 0 spiro atoms. The molecule has 1 amide bonds. The van der Waals surface area contributed by atoms with Crippen molar-refractivity contribution in [2.45, 2.75) is 23.6 Å². The number of thiazole rings is 1. The van der Waals surface area contributed by atoms with E-state index in [0.717, 1.165) is 17.0 Å². The molecule has 10 heteroatoms. The molecule has 2 aromatic heterocycles. The number of nitrogens with zero attached hydrogens (tertiary/aromatic N) is 2. The number of rotatable bonds is 5. The SMILES string of the molecule is O=C(NCc1cscn1)C1CCN(S(=O)(=O)c2ccc(Cl)s2)CC1. The second kappa shape index (κ2) is 7.49. The molecule has 1 N–H and O–H groups in total. The van der Waals surface area contributed by atoms with Crippen LogP contribution in [0.2, 0.25) is 4.34 Å². The van der Waals surface area contributed by atoms with Crippen LogP contribution in [0.4, 0.5) is 0 Å². The largest absolute Gasteiger partial charge is 0.350 e. The van der Waals surface area contributed by atoms with Gasteiger partial charge in [-0.05, 0) is 25.0 Å². The minimum Gasteiger partial charge on any atom is -0.350 e. The lowest BCUT2D eigenvalue weighted by Gasteiger charge is -2.30. The molecule has 3 rings (SSSR count). The monoisotopic (exact) mass is 405 g/mol. The van der Waals surface area contributed by atoms with Crippen LogP contribution in [-0.4, -0.2) is 36.7 Å². The molecule has 0 unspecified atom stereocenters. The van der Waals surface area contributed by atoms with Gasteiger partial charge in [-0.25, -0.2) is 13.4 Å². The smallest absolute Gasteiger partial charge is 0.252 e. The van der Waals surface area contributed by atoms with Crippen LogP contribution < -0.4 is 5.32 Å². The minimum absolute atomic E-state index is 0.0424. The van der Waals surface area contributed by atoms with Crippen molar-refractivity contribution in [2.24, 2.45) is 5.92 Å². The first-order valence-corrected chi connectivity index (χ1v) is 10.9. The highest BCUT2D eigenvalue weighted by Crippen LogP contribution is 2.30. The summed E-state index contributed by atoms with van der Waals surface area (Å²) in [5, 5.41) is 4.76. The van der Waals surface area contributed by atoms with E-state index in [4.69, 9.17) is 11.6 Å². The molecule has 1 saturated heterocycles. The van der Waals surface area contributed by atoms with Gasteiger partial charge in [-0.15, -0.1) is 22.7 Å². The second-order valence-electron chi connectivity index (χ2n) is 5.43. The highest BCUT2D eigenvalue weighted by molar-refractivity contribution is 7.91. The fraction of sp³-hybridized carbons (Fsp3) is 0.429. The maximum absolute atomic E-state index is 12.5. The van der Waals surface area contributed by atoms with Crippen LogP contribution in [0.15, 0.2) is 27.2 Å². The van der Waals surface area contributed by atoms with Crippen molar-refractivity contribution in [3.63, 3.8) is 0 Å². The Hall–Kier alpha value is -1.000. The van der Waals surface area contributed by atoms with Gasteiger partial charge < -0.3 is 5.32 Å². The van der Waals surface area contributed by atoms with Gasteiger partial charge in [-0.3, -0.25) is 4.79 Å². The third-order valence-corrected chi connectivity index (χ3v) is 8.13. The number of nitrogens with one attached hydrogen (secondary N) is 1. The number of halogens is 1. The average Bonchev–Trinajstić information content (AvgIpc) is 3.24. The molecule has 0 atom stereocenters. The van der Waals surface area contributed by atoms with Crippen molar-refractivity contribution in [3.8, 4) is 0 Å². The molecule has 0 aliphatic carbocycles. The van der Waals surface area contributed by atoms with Crippen molar-refractivity contribution in [1.82, 2.24) is 14.6 Å². The summed E-state index contributed by atoms with van der Waals surface area (Å²) in [6.07, 6.45) is 1.03. The first-order chi connectivity index (χ1) is 11.5. The Kier molecular flexibility index (Phi) is 5.56. The molecule has 0 aromatic carbocycles. The summed E-state index contributed by atoms with van der Waals surface area (Å²) in [7, 11) is -3.51. The Morgan fingerprint density at radius 3 is 2.71 bits per heavy atom. The maximum atomic E-state index is 12.5. The Bertz CT molecular complexity index is 796. The molecular weight excluding hydrogens is 390 g/mol. The van der Waals surface area contributed by atoms with E-state index < -0.39 is 10.0 Å². The molecule has 0 saturated carbocycles. The lowest BCUT2D eigenvalue weighted by Crippen LogP contribution is -2.42. The van der Waals surface area contributed by atoms with Crippen LogP contribution in [0, 0.1) is 5.92 Å². The number of amides is 1. The fourth-order valence-corrected chi connectivity index (χ4v) is 6.23. The van der Waals surface area contributed by atoms with E-state index in [2.05, 4.69) is 10.3 Å². The normalized spacial score (nSPS) is 17.0. The molecule has 6 nitrogen and oxygen atoms in total. The molecule has 0 radical (unpaired) electrons. The van der Waals surface area contributed by atoms with Crippen molar-refractivity contribution < 1.29 is 13.2 Å². The zero-order valence-corrected chi connectivity index (χ0v) is 15.8. The van der Waals surface area contributed by atoms with Crippen molar-refractivity contribution >= 4 is 50.2 Å². The van der Waals surface area contributed by atoms with Gasteiger partial charge in [0.25, 0.3) is 10.0 Å². The third-order valence-electron chi connectivity index (χ3n) is 3.89. The lowest BCUT2D eigenvalue weighted by molar-refractivity contribution is -0.126. The van der Waals surface area contributed by atoms with E-state index in [9.17, 15) is 13.2 Å². The summed E-state index contributed by atoms with van der Waals surface area (Å²) in [6.45, 7) is 1.09. The molecule has 1 aliphatic heterocycles. The van der Waals surface area contributed by atoms with E-state index in [0.29, 0.717) is 36.8 Å². The number of carbonyl (C=O) groups excluding carboxylic acids is 1. The first-order valence-electron chi connectivity index (χ1n) is 7.37. The molecular formula is C14H16ClN3O3S3. The van der Waals surface area contributed by atoms with E-state index in [1.807, 2.05) is 5.38 Å². The summed E-state index contributed by atoms with van der Waals surface area (Å²) >= 11 is 8.36. The summed E-state index contributed by atoms with van der Waals surface area (Å²) in [6, 6.07) is 3.10. The summed E-state index contributed by atoms with van der Waals surface area (Å²) in [5.41, 5.74) is 2.56. The second-order valence-corrected chi connectivity index (χ2v) is 10.0. The van der Waals surface area contributed by atoms with Gasteiger partial charge in [0.2, 0.25) is 5.91 Å². The maximum Gasteiger partial charge on any atom is 0.252 e. The van der Waals surface area contributed by atoms with Gasteiger partial charge in [-0.2, -0.15) is 4.31 Å². The molecule has 1 fully saturated rings. The van der Waals surface area contributed by atoms with Crippen molar-refractivity contribution in [1.29, 1.82) is 0 Å². The number of hydrogen-bond acceptors (Lipinski definition) is 6. The Morgan fingerprint density at radius 2 is 2.12 bits per heavy atom. The number of thiophene rings is 1. The number of hydrogen-bond donors (Lipinski definition) is 1. The number of piperidine rings is 1. The van der Waals surface area contributed by atoms with E-state index in [1.54, 1.807) is 11.6 Å². The predicted molar refractivity (Wildman–Crippen MR) is 94.8 cm³/mol. The van der Waals surface area contributed by atoms with Crippen molar-refractivity contribution in [3.05, 3.63) is 33.1 Å². The number of aromatic nitrogens is 1. The third kappa shape index (κ3) is 3.97. The van der Waals surface area contributed by atoms with Gasteiger partial charge >= 0.3 is 0 Å². The van der Waals surface area contributed by atoms with Crippen LogP contribution in [0.1, 0.15) is 18.5 Å². The van der Waals surface area contributed by atoms with E-state index >= 15 is 0 Å². The van der Waals surface area contributed by atoms with E-state index in [-0.39, 0.29) is 16.0 Å². The fourth-order valence-electron chi connectivity index (χ4n) is 2.57. The van der Waals surface area contributed by atoms with Crippen LogP contribution in [0.3, 0.4) is 0 Å².